The third-order valence-corrected chi connectivity index (χ3v) is 2.37. The molecule has 0 aromatic carbocycles. The van der Waals surface area contributed by atoms with Gasteiger partial charge in [-0.05, 0) is 13.0 Å². The molecule has 0 saturated carbocycles. The number of halogens is 1. The van der Waals surface area contributed by atoms with Gasteiger partial charge in [-0.2, -0.15) is 15.0 Å². The summed E-state index contributed by atoms with van der Waals surface area (Å²) < 4.78 is 13.7. The van der Waals surface area contributed by atoms with Crippen molar-refractivity contribution < 1.29 is 4.39 Å². The number of aromatic nitrogens is 4. The second kappa shape index (κ2) is 5.55. The maximum absolute atomic E-state index is 13.7. The first-order valence-corrected chi connectivity index (χ1v) is 5.89. The summed E-state index contributed by atoms with van der Waals surface area (Å²) in [6.07, 6.45) is 2.64. The van der Waals surface area contributed by atoms with Crippen LogP contribution in [0.4, 0.5) is 16.3 Å². The van der Waals surface area contributed by atoms with E-state index < -0.39 is 5.82 Å². The first-order valence-electron chi connectivity index (χ1n) is 5.89. The summed E-state index contributed by atoms with van der Waals surface area (Å²) in [4.78, 5) is 18.1. The molecule has 19 heavy (non-hydrogen) atoms. The maximum Gasteiger partial charge on any atom is 0.230 e. The molecular formula is C12H15FN6. The van der Waals surface area contributed by atoms with Crippen LogP contribution in [0, 0.1) is 5.82 Å². The molecule has 0 fully saturated rings. The highest BCUT2D eigenvalue weighted by Gasteiger charge is 2.12. The Labute approximate surface area is 110 Å². The Hall–Kier alpha value is -2.31. The smallest absolute Gasteiger partial charge is 0.230 e. The van der Waals surface area contributed by atoms with Gasteiger partial charge in [0.2, 0.25) is 11.9 Å². The highest BCUT2D eigenvalue weighted by Crippen LogP contribution is 2.20. The summed E-state index contributed by atoms with van der Waals surface area (Å²) in [5.41, 5.74) is 0.305. The zero-order valence-electron chi connectivity index (χ0n) is 11.1. The molecule has 0 saturated heterocycles. The molecule has 7 heteroatoms. The van der Waals surface area contributed by atoms with Gasteiger partial charge in [0.25, 0.3) is 0 Å². The van der Waals surface area contributed by atoms with E-state index in [1.165, 1.54) is 6.20 Å². The minimum atomic E-state index is -0.458. The second-order valence-corrected chi connectivity index (χ2v) is 4.06. The Morgan fingerprint density at radius 1 is 1.26 bits per heavy atom. The van der Waals surface area contributed by atoms with Crippen molar-refractivity contribution in [2.45, 2.75) is 6.92 Å². The van der Waals surface area contributed by atoms with E-state index >= 15 is 0 Å². The van der Waals surface area contributed by atoms with Gasteiger partial charge in [0.05, 0.1) is 11.8 Å². The molecule has 2 heterocycles. The first-order chi connectivity index (χ1) is 9.11. The molecule has 6 nitrogen and oxygen atoms in total. The lowest BCUT2D eigenvalue weighted by atomic mass is 10.2. The summed E-state index contributed by atoms with van der Waals surface area (Å²) in [6.45, 7) is 2.61. The van der Waals surface area contributed by atoms with Crippen LogP contribution >= 0.6 is 0 Å². The van der Waals surface area contributed by atoms with Crippen molar-refractivity contribution in [1.82, 2.24) is 19.9 Å². The van der Waals surface area contributed by atoms with Crippen LogP contribution in [0.25, 0.3) is 11.4 Å². The molecule has 0 unspecified atom stereocenters. The lowest BCUT2D eigenvalue weighted by Crippen LogP contribution is -2.16. The molecule has 0 aliphatic heterocycles. The number of anilines is 2. The number of hydrogen-bond donors (Lipinski definition) is 1. The average Bonchev–Trinajstić information content (AvgIpc) is 2.39. The van der Waals surface area contributed by atoms with Crippen LogP contribution < -0.4 is 10.2 Å². The van der Waals surface area contributed by atoms with E-state index in [9.17, 15) is 4.39 Å². The third kappa shape index (κ3) is 2.93. The van der Waals surface area contributed by atoms with Crippen molar-refractivity contribution in [3.63, 3.8) is 0 Å². The molecule has 0 aliphatic rings. The standard InChI is InChI=1S/C12H15FN6/c1-4-15-11-16-10(17-12(18-11)19(2)3)8-5-6-14-7-9(8)13/h5-7H,4H2,1-3H3,(H,15,16,17,18). The molecule has 2 aromatic rings. The number of rotatable bonds is 4. The fourth-order valence-corrected chi connectivity index (χ4v) is 1.48. The normalized spacial score (nSPS) is 10.3. The predicted molar refractivity (Wildman–Crippen MR) is 71.5 cm³/mol. The van der Waals surface area contributed by atoms with Gasteiger partial charge >= 0.3 is 0 Å². The Bertz CT molecular complexity index is 572. The predicted octanol–water partition coefficient (Wildman–Crippen LogP) is 1.57. The van der Waals surface area contributed by atoms with Crippen LogP contribution in [0.2, 0.25) is 0 Å². The molecule has 1 N–H and O–H groups in total. The average molecular weight is 262 g/mol. The molecule has 2 aromatic heterocycles. The Morgan fingerprint density at radius 3 is 2.68 bits per heavy atom. The molecule has 0 atom stereocenters. The van der Waals surface area contributed by atoms with Crippen LogP contribution in [0.5, 0.6) is 0 Å². The zero-order valence-corrected chi connectivity index (χ0v) is 11.1. The highest BCUT2D eigenvalue weighted by molar-refractivity contribution is 5.58. The van der Waals surface area contributed by atoms with Crippen molar-refractivity contribution >= 4 is 11.9 Å². The van der Waals surface area contributed by atoms with Gasteiger partial charge in [0, 0.05) is 26.8 Å². The number of hydrogen-bond acceptors (Lipinski definition) is 6. The SMILES string of the molecule is CCNc1nc(-c2ccncc2F)nc(N(C)C)n1. The molecular weight excluding hydrogens is 247 g/mol. The molecule has 100 valence electrons. The summed E-state index contributed by atoms with van der Waals surface area (Å²) in [5.74, 6) is 0.722. The lowest BCUT2D eigenvalue weighted by molar-refractivity contribution is 0.623. The fraction of sp³-hybridized carbons (Fsp3) is 0.333. The van der Waals surface area contributed by atoms with Crippen LogP contribution in [-0.4, -0.2) is 40.6 Å². The third-order valence-electron chi connectivity index (χ3n) is 2.37. The van der Waals surface area contributed by atoms with E-state index in [-0.39, 0.29) is 5.82 Å². The molecule has 0 aliphatic carbocycles. The van der Waals surface area contributed by atoms with Crippen molar-refractivity contribution in [2.24, 2.45) is 0 Å². The van der Waals surface area contributed by atoms with Gasteiger partial charge in [-0.25, -0.2) is 4.39 Å². The summed E-state index contributed by atoms with van der Waals surface area (Å²) in [5, 5.41) is 3.01. The van der Waals surface area contributed by atoms with Gasteiger partial charge in [0.15, 0.2) is 11.6 Å². The van der Waals surface area contributed by atoms with Gasteiger partial charge in [-0.15, -0.1) is 0 Å². The quantitative estimate of drug-likeness (QED) is 0.902. The molecule has 0 bridgehead atoms. The van der Waals surface area contributed by atoms with Crippen LogP contribution in [0.15, 0.2) is 18.5 Å². The minimum absolute atomic E-state index is 0.287. The Kier molecular flexibility index (Phi) is 3.84. The van der Waals surface area contributed by atoms with E-state index in [0.717, 1.165) is 6.20 Å². The zero-order chi connectivity index (χ0) is 13.8. The van der Waals surface area contributed by atoms with Crippen molar-refractivity contribution in [3.8, 4) is 11.4 Å². The van der Waals surface area contributed by atoms with E-state index in [1.807, 2.05) is 21.0 Å². The summed E-state index contributed by atoms with van der Waals surface area (Å²) in [6, 6.07) is 1.54. The largest absolute Gasteiger partial charge is 0.354 e. The van der Waals surface area contributed by atoms with Crippen molar-refractivity contribution in [2.75, 3.05) is 30.9 Å². The van der Waals surface area contributed by atoms with E-state index in [0.29, 0.717) is 24.0 Å². The summed E-state index contributed by atoms with van der Waals surface area (Å²) in [7, 11) is 3.63. The maximum atomic E-state index is 13.7. The Morgan fingerprint density at radius 2 is 2.05 bits per heavy atom. The molecule has 0 amide bonds. The summed E-state index contributed by atoms with van der Waals surface area (Å²) >= 11 is 0. The van der Waals surface area contributed by atoms with Crippen LogP contribution in [-0.2, 0) is 0 Å². The van der Waals surface area contributed by atoms with E-state index in [4.69, 9.17) is 0 Å². The molecule has 2 rings (SSSR count). The monoisotopic (exact) mass is 262 g/mol. The fourth-order valence-electron chi connectivity index (χ4n) is 1.48. The van der Waals surface area contributed by atoms with Crippen LogP contribution in [0.1, 0.15) is 6.92 Å². The van der Waals surface area contributed by atoms with E-state index in [1.54, 1.807) is 11.0 Å². The first kappa shape index (κ1) is 13.1. The highest BCUT2D eigenvalue weighted by atomic mass is 19.1. The molecule has 0 radical (unpaired) electrons. The number of pyridine rings is 1. The molecule has 0 spiro atoms. The van der Waals surface area contributed by atoms with Gasteiger partial charge in [0.1, 0.15) is 0 Å². The lowest BCUT2D eigenvalue weighted by Gasteiger charge is -2.13. The van der Waals surface area contributed by atoms with E-state index in [2.05, 4.69) is 25.3 Å². The number of nitrogens with zero attached hydrogens (tertiary/aromatic N) is 5. The topological polar surface area (TPSA) is 66.8 Å². The minimum Gasteiger partial charge on any atom is -0.354 e. The van der Waals surface area contributed by atoms with Gasteiger partial charge in [-0.1, -0.05) is 0 Å². The van der Waals surface area contributed by atoms with Gasteiger partial charge < -0.3 is 10.2 Å². The van der Waals surface area contributed by atoms with Crippen LogP contribution in [0.3, 0.4) is 0 Å². The Balaban J connectivity index is 2.53. The van der Waals surface area contributed by atoms with Crippen molar-refractivity contribution in [1.29, 1.82) is 0 Å². The van der Waals surface area contributed by atoms with Crippen molar-refractivity contribution in [3.05, 3.63) is 24.3 Å². The second-order valence-electron chi connectivity index (χ2n) is 4.06. The number of nitrogens with one attached hydrogen (secondary N) is 1. The van der Waals surface area contributed by atoms with Gasteiger partial charge in [-0.3, -0.25) is 4.98 Å².